The summed E-state index contributed by atoms with van der Waals surface area (Å²) >= 11 is 0. The lowest BCUT2D eigenvalue weighted by Gasteiger charge is -2.21. The van der Waals surface area contributed by atoms with Crippen molar-refractivity contribution in [3.8, 4) is 0 Å². The molecular formula is C18H20N6O2. The van der Waals surface area contributed by atoms with Gasteiger partial charge in [0.05, 0.1) is 0 Å². The first-order valence-corrected chi connectivity index (χ1v) is 8.24. The maximum absolute atomic E-state index is 12.1. The molecule has 3 aromatic rings. The Morgan fingerprint density at radius 3 is 2.73 bits per heavy atom. The van der Waals surface area contributed by atoms with Crippen molar-refractivity contribution in [1.82, 2.24) is 25.5 Å². The Hall–Kier alpha value is -3.42. The molecule has 0 aromatic carbocycles. The van der Waals surface area contributed by atoms with Gasteiger partial charge in [0.15, 0.2) is 0 Å². The minimum Gasteiger partial charge on any atom is -0.359 e. The molecule has 0 aliphatic rings. The quantitative estimate of drug-likeness (QED) is 0.590. The number of carbonyl (C=O) groups excluding carboxylic acids is 1. The molecule has 26 heavy (non-hydrogen) atoms. The molecule has 0 aliphatic heterocycles. The number of pyridine rings is 2. The van der Waals surface area contributed by atoms with Gasteiger partial charge in [-0.15, -0.1) is 0 Å². The number of nitrogens with one attached hydrogen (secondary N) is 3. The van der Waals surface area contributed by atoms with E-state index in [1.807, 2.05) is 42.3 Å². The lowest BCUT2D eigenvalue weighted by atomic mass is 10.2. The summed E-state index contributed by atoms with van der Waals surface area (Å²) in [5, 5.41) is 7.67. The number of amides is 1. The van der Waals surface area contributed by atoms with Crippen LogP contribution in [0.3, 0.4) is 0 Å². The minimum atomic E-state index is -0.353. The molecule has 3 N–H and O–H groups in total. The number of nitrogens with zero attached hydrogens (tertiary/aromatic N) is 3. The summed E-state index contributed by atoms with van der Waals surface area (Å²) in [6.45, 7) is 1.06. The van der Waals surface area contributed by atoms with E-state index in [2.05, 4.69) is 25.5 Å². The van der Waals surface area contributed by atoms with Gasteiger partial charge in [-0.1, -0.05) is 12.1 Å². The fourth-order valence-corrected chi connectivity index (χ4v) is 2.57. The largest absolute Gasteiger partial charge is 0.359 e. The lowest BCUT2D eigenvalue weighted by Crippen LogP contribution is -2.27. The van der Waals surface area contributed by atoms with E-state index in [0.29, 0.717) is 6.54 Å². The molecule has 0 saturated heterocycles. The van der Waals surface area contributed by atoms with E-state index in [0.717, 1.165) is 30.0 Å². The summed E-state index contributed by atoms with van der Waals surface area (Å²) in [6.07, 6.45) is 4.30. The molecule has 0 saturated carbocycles. The molecule has 8 heteroatoms. The first-order chi connectivity index (χ1) is 12.6. The third-order valence-electron chi connectivity index (χ3n) is 3.94. The Bertz CT molecular complexity index is 918. The topological polar surface area (TPSA) is 107 Å². The van der Waals surface area contributed by atoms with Gasteiger partial charge in [-0.25, -0.2) is 4.98 Å². The fourth-order valence-electron chi connectivity index (χ4n) is 2.57. The van der Waals surface area contributed by atoms with Gasteiger partial charge < -0.3 is 10.2 Å². The van der Waals surface area contributed by atoms with Crippen molar-refractivity contribution >= 4 is 11.7 Å². The molecule has 0 atom stereocenters. The highest BCUT2D eigenvalue weighted by Gasteiger charge is 2.12. The number of rotatable bonds is 7. The number of hydrogen-bond donors (Lipinski definition) is 3. The van der Waals surface area contributed by atoms with Gasteiger partial charge >= 0.3 is 0 Å². The second-order valence-electron chi connectivity index (χ2n) is 5.83. The highest BCUT2D eigenvalue weighted by Crippen LogP contribution is 2.16. The van der Waals surface area contributed by atoms with Crippen LogP contribution in [0.5, 0.6) is 0 Å². The van der Waals surface area contributed by atoms with Gasteiger partial charge in [0, 0.05) is 56.3 Å². The van der Waals surface area contributed by atoms with Crippen LogP contribution in [0.25, 0.3) is 0 Å². The molecule has 1 amide bonds. The predicted molar refractivity (Wildman–Crippen MR) is 98.0 cm³/mol. The van der Waals surface area contributed by atoms with Crippen molar-refractivity contribution in [3.05, 3.63) is 76.1 Å². The van der Waals surface area contributed by atoms with Gasteiger partial charge in [0.2, 0.25) is 0 Å². The Balaban J connectivity index is 1.63. The number of H-pyrrole nitrogens is 2. The number of likely N-dealkylation sites (N-methyl/N-ethyl adjacent to an activating group) is 1. The number of hydrogen-bond acceptors (Lipinski definition) is 5. The average Bonchev–Trinajstić information content (AvgIpc) is 3.12. The van der Waals surface area contributed by atoms with Crippen LogP contribution in [0, 0.1) is 0 Å². The summed E-state index contributed by atoms with van der Waals surface area (Å²) in [7, 11) is 1.96. The normalized spacial score (nSPS) is 10.5. The molecule has 3 heterocycles. The smallest absolute Gasteiger partial charge is 0.269 e. The van der Waals surface area contributed by atoms with Crippen LogP contribution in [-0.4, -0.2) is 39.7 Å². The van der Waals surface area contributed by atoms with Gasteiger partial charge in [-0.2, -0.15) is 0 Å². The van der Waals surface area contributed by atoms with E-state index >= 15 is 0 Å². The van der Waals surface area contributed by atoms with Crippen LogP contribution >= 0.6 is 0 Å². The highest BCUT2D eigenvalue weighted by molar-refractivity contribution is 5.92. The summed E-state index contributed by atoms with van der Waals surface area (Å²) in [6, 6.07) is 10.8. The van der Waals surface area contributed by atoms with Crippen molar-refractivity contribution in [1.29, 1.82) is 0 Å². The highest BCUT2D eigenvalue weighted by atomic mass is 16.2. The van der Waals surface area contributed by atoms with E-state index in [4.69, 9.17) is 0 Å². The Kier molecular flexibility index (Phi) is 5.43. The fraction of sp³-hybridized carbons (Fsp3) is 0.222. The molecule has 0 radical (unpaired) electrons. The first kappa shape index (κ1) is 17.4. The Morgan fingerprint density at radius 1 is 1.15 bits per heavy atom. The molecular weight excluding hydrogens is 332 g/mol. The Morgan fingerprint density at radius 2 is 2.00 bits per heavy atom. The number of anilines is 1. The lowest BCUT2D eigenvalue weighted by molar-refractivity contribution is 0.0946. The number of aromatic amines is 2. The van der Waals surface area contributed by atoms with Crippen molar-refractivity contribution in [3.63, 3.8) is 0 Å². The van der Waals surface area contributed by atoms with E-state index in [-0.39, 0.29) is 17.2 Å². The zero-order chi connectivity index (χ0) is 18.4. The monoisotopic (exact) mass is 352 g/mol. The summed E-state index contributed by atoms with van der Waals surface area (Å²) in [4.78, 5) is 34.0. The molecule has 134 valence electrons. The van der Waals surface area contributed by atoms with Crippen LogP contribution < -0.4 is 15.8 Å². The second-order valence-corrected chi connectivity index (χ2v) is 5.83. The molecule has 0 spiro atoms. The van der Waals surface area contributed by atoms with Gasteiger partial charge in [0.1, 0.15) is 11.5 Å². The van der Waals surface area contributed by atoms with Crippen LogP contribution in [0.4, 0.5) is 5.82 Å². The molecule has 0 fully saturated rings. The molecule has 3 aromatic heterocycles. The standard InChI is InChI=1S/C18H20N6O2/c1-24(10-7-14-6-2-3-8-19-14)17-13(5-4-9-20-17)12-21-18(26)15-11-16(25)23-22-15/h2-6,8-9,11H,7,10,12H2,1H3,(H,21,26)(H2,22,23,25). The van der Waals surface area contributed by atoms with Crippen LogP contribution in [-0.2, 0) is 13.0 Å². The van der Waals surface area contributed by atoms with Crippen molar-refractivity contribution in [2.24, 2.45) is 0 Å². The van der Waals surface area contributed by atoms with Gasteiger partial charge in [-0.3, -0.25) is 24.8 Å². The van der Waals surface area contributed by atoms with Crippen LogP contribution in [0.1, 0.15) is 21.7 Å². The third kappa shape index (κ3) is 4.35. The SMILES string of the molecule is CN(CCc1ccccn1)c1ncccc1CNC(=O)c1cc(=O)[nH][nH]1. The number of aromatic nitrogens is 4. The summed E-state index contributed by atoms with van der Waals surface area (Å²) < 4.78 is 0. The second kappa shape index (κ2) is 8.11. The zero-order valence-electron chi connectivity index (χ0n) is 14.4. The molecule has 0 unspecified atom stereocenters. The first-order valence-electron chi connectivity index (χ1n) is 8.24. The van der Waals surface area contributed by atoms with Crippen molar-refractivity contribution in [2.45, 2.75) is 13.0 Å². The maximum Gasteiger partial charge on any atom is 0.269 e. The van der Waals surface area contributed by atoms with Crippen LogP contribution in [0.2, 0.25) is 0 Å². The number of carbonyl (C=O) groups is 1. The third-order valence-corrected chi connectivity index (χ3v) is 3.94. The van der Waals surface area contributed by atoms with Gasteiger partial charge in [0.25, 0.3) is 11.5 Å². The average molecular weight is 352 g/mol. The summed E-state index contributed by atoms with van der Waals surface area (Å²) in [5.74, 6) is 0.445. The van der Waals surface area contributed by atoms with Gasteiger partial charge in [-0.05, 0) is 18.2 Å². The van der Waals surface area contributed by atoms with E-state index < -0.39 is 0 Å². The minimum absolute atomic E-state index is 0.198. The van der Waals surface area contributed by atoms with Crippen molar-refractivity contribution in [2.75, 3.05) is 18.5 Å². The molecule has 0 aliphatic carbocycles. The van der Waals surface area contributed by atoms with Crippen molar-refractivity contribution < 1.29 is 4.79 Å². The molecule has 0 bridgehead atoms. The van der Waals surface area contributed by atoms with E-state index in [1.165, 1.54) is 6.07 Å². The summed E-state index contributed by atoms with van der Waals surface area (Å²) in [5.41, 5.74) is 1.76. The predicted octanol–water partition coefficient (Wildman–Crippen LogP) is 1.10. The van der Waals surface area contributed by atoms with E-state index in [1.54, 1.807) is 12.4 Å². The maximum atomic E-state index is 12.1. The Labute approximate surface area is 150 Å². The molecule has 8 nitrogen and oxygen atoms in total. The van der Waals surface area contributed by atoms with E-state index in [9.17, 15) is 9.59 Å². The van der Waals surface area contributed by atoms with Crippen LogP contribution in [0.15, 0.2) is 53.6 Å². The molecule has 3 rings (SSSR count). The zero-order valence-corrected chi connectivity index (χ0v) is 14.4.